The van der Waals surface area contributed by atoms with E-state index >= 15 is 0 Å². The molecule has 3 heterocycles. The molecule has 0 spiro atoms. The number of aromatic nitrogens is 4. The van der Waals surface area contributed by atoms with Gasteiger partial charge in [-0.2, -0.15) is 0 Å². The molecule has 0 unspecified atom stereocenters. The smallest absolute Gasteiger partial charge is 0.314 e. The number of amides is 2. The second kappa shape index (κ2) is 9.65. The maximum absolute atomic E-state index is 12.0. The highest BCUT2D eigenvalue weighted by Gasteiger charge is 2.13. The van der Waals surface area contributed by atoms with Gasteiger partial charge in [-0.05, 0) is 42.7 Å². The first-order valence-electron chi connectivity index (χ1n) is 10.1. The molecule has 152 valence electrons. The number of nitrogens with one attached hydrogen (secondary N) is 2. The first kappa shape index (κ1) is 19.6. The van der Waals surface area contributed by atoms with Crippen LogP contribution < -0.4 is 10.6 Å². The fourth-order valence-corrected chi connectivity index (χ4v) is 3.36. The minimum atomic E-state index is -0.145. The van der Waals surface area contributed by atoms with Crippen LogP contribution in [-0.2, 0) is 13.0 Å². The second-order valence-corrected chi connectivity index (χ2v) is 6.94. The number of carbonyl (C=O) groups excluding carboxylic acids is 1. The van der Waals surface area contributed by atoms with E-state index in [9.17, 15) is 4.79 Å². The maximum Gasteiger partial charge on any atom is 0.314 e. The number of benzene rings is 1. The van der Waals surface area contributed by atoms with E-state index in [2.05, 4.69) is 37.3 Å². The zero-order valence-corrected chi connectivity index (χ0v) is 16.7. The lowest BCUT2D eigenvalue weighted by Crippen LogP contribution is -2.37. The Balaban J connectivity index is 1.31. The van der Waals surface area contributed by atoms with Crippen LogP contribution in [0, 0.1) is 0 Å². The van der Waals surface area contributed by atoms with Gasteiger partial charge >= 0.3 is 6.03 Å². The van der Waals surface area contributed by atoms with Crippen molar-refractivity contribution >= 4 is 17.2 Å². The number of urea groups is 1. The predicted octanol–water partition coefficient (Wildman–Crippen LogP) is 3.43. The van der Waals surface area contributed by atoms with Crippen molar-refractivity contribution in [3.63, 3.8) is 0 Å². The molecule has 1 aromatic carbocycles. The molecule has 0 aliphatic rings. The van der Waals surface area contributed by atoms with Gasteiger partial charge in [-0.15, -0.1) is 0 Å². The van der Waals surface area contributed by atoms with Crippen molar-refractivity contribution < 1.29 is 4.79 Å². The lowest BCUT2D eigenvalue weighted by molar-refractivity contribution is 0.240. The average molecular weight is 400 g/mol. The monoisotopic (exact) mass is 400 g/mol. The highest BCUT2D eigenvalue weighted by molar-refractivity contribution is 5.77. The van der Waals surface area contributed by atoms with Crippen molar-refractivity contribution in [2.75, 3.05) is 13.1 Å². The van der Waals surface area contributed by atoms with Crippen LogP contribution in [0.15, 0.2) is 73.2 Å². The molecule has 7 nitrogen and oxygen atoms in total. The number of nitrogens with zero attached hydrogens (tertiary/aromatic N) is 4. The van der Waals surface area contributed by atoms with Gasteiger partial charge in [-0.25, -0.2) is 14.8 Å². The van der Waals surface area contributed by atoms with E-state index in [0.717, 1.165) is 35.4 Å². The molecule has 0 bridgehead atoms. The van der Waals surface area contributed by atoms with Crippen molar-refractivity contribution in [2.24, 2.45) is 0 Å². The van der Waals surface area contributed by atoms with E-state index < -0.39 is 0 Å². The molecule has 2 amide bonds. The standard InChI is InChI=1S/C23H24N6O/c30-23(27-16-9-18-6-2-1-3-7-18)26-13-5-17-29-21(19-10-14-24-15-11-19)28-20-8-4-12-25-22(20)29/h1-4,6-8,10-12,14-15H,5,9,13,16-17H2,(H2,26,27,30). The third-order valence-corrected chi connectivity index (χ3v) is 4.83. The summed E-state index contributed by atoms with van der Waals surface area (Å²) in [6, 6.07) is 17.7. The highest BCUT2D eigenvalue weighted by atomic mass is 16.2. The number of imidazole rings is 1. The van der Waals surface area contributed by atoms with Crippen LogP contribution in [-0.4, -0.2) is 38.6 Å². The predicted molar refractivity (Wildman–Crippen MR) is 117 cm³/mol. The zero-order valence-electron chi connectivity index (χ0n) is 16.7. The molecule has 7 heteroatoms. The summed E-state index contributed by atoms with van der Waals surface area (Å²) in [7, 11) is 0. The van der Waals surface area contributed by atoms with Gasteiger partial charge in [-0.3, -0.25) is 4.98 Å². The molecule has 2 N–H and O–H groups in total. The van der Waals surface area contributed by atoms with E-state index in [0.29, 0.717) is 19.6 Å². The average Bonchev–Trinajstić information content (AvgIpc) is 3.17. The number of fused-ring (bicyclic) bond motifs is 1. The quantitative estimate of drug-likeness (QED) is 0.444. The van der Waals surface area contributed by atoms with E-state index in [1.54, 1.807) is 18.6 Å². The third-order valence-electron chi connectivity index (χ3n) is 4.83. The molecule has 0 radical (unpaired) electrons. The number of aryl methyl sites for hydroxylation is 1. The summed E-state index contributed by atoms with van der Waals surface area (Å²) in [5.74, 6) is 0.860. The van der Waals surface area contributed by atoms with Crippen molar-refractivity contribution in [3.05, 3.63) is 78.8 Å². The SMILES string of the molecule is O=C(NCCCn1c(-c2ccncc2)nc2cccnc21)NCCc1ccccc1. The Morgan fingerprint density at radius 1 is 0.900 bits per heavy atom. The van der Waals surface area contributed by atoms with Crippen molar-refractivity contribution in [1.29, 1.82) is 0 Å². The minimum absolute atomic E-state index is 0.145. The molecule has 4 rings (SSSR count). The molecule has 0 saturated carbocycles. The third kappa shape index (κ3) is 4.81. The first-order valence-corrected chi connectivity index (χ1v) is 10.1. The molecule has 0 fully saturated rings. The van der Waals surface area contributed by atoms with Gasteiger partial charge < -0.3 is 15.2 Å². The van der Waals surface area contributed by atoms with Crippen LogP contribution in [0.5, 0.6) is 0 Å². The van der Waals surface area contributed by atoms with Crippen molar-refractivity contribution in [2.45, 2.75) is 19.4 Å². The van der Waals surface area contributed by atoms with Crippen LogP contribution in [0.2, 0.25) is 0 Å². The van der Waals surface area contributed by atoms with E-state index in [4.69, 9.17) is 4.98 Å². The van der Waals surface area contributed by atoms with Gasteiger partial charge in [0.05, 0.1) is 0 Å². The lowest BCUT2D eigenvalue weighted by atomic mass is 10.1. The zero-order chi connectivity index (χ0) is 20.6. The second-order valence-electron chi connectivity index (χ2n) is 6.94. The summed E-state index contributed by atoms with van der Waals surface area (Å²) >= 11 is 0. The van der Waals surface area contributed by atoms with Crippen LogP contribution in [0.1, 0.15) is 12.0 Å². The molecule has 0 saturated heterocycles. The Morgan fingerprint density at radius 3 is 2.53 bits per heavy atom. The summed E-state index contributed by atoms with van der Waals surface area (Å²) in [5, 5.41) is 5.83. The van der Waals surface area contributed by atoms with Crippen molar-refractivity contribution in [3.8, 4) is 11.4 Å². The highest BCUT2D eigenvalue weighted by Crippen LogP contribution is 2.23. The molecule has 0 aliphatic carbocycles. The summed E-state index contributed by atoms with van der Waals surface area (Å²) in [6.45, 7) is 1.88. The summed E-state index contributed by atoms with van der Waals surface area (Å²) in [5.41, 5.74) is 3.91. The first-order chi connectivity index (χ1) is 14.8. The number of hydrogen-bond donors (Lipinski definition) is 2. The molecule has 4 aromatic rings. The topological polar surface area (TPSA) is 84.7 Å². The van der Waals surface area contributed by atoms with E-state index in [1.807, 2.05) is 42.5 Å². The number of pyridine rings is 2. The van der Waals surface area contributed by atoms with Crippen LogP contribution in [0.3, 0.4) is 0 Å². The van der Waals surface area contributed by atoms with E-state index in [-0.39, 0.29) is 6.03 Å². The Bertz CT molecular complexity index is 1090. The Morgan fingerprint density at radius 2 is 1.70 bits per heavy atom. The Kier molecular flexibility index (Phi) is 6.29. The fourth-order valence-electron chi connectivity index (χ4n) is 3.36. The number of carbonyl (C=O) groups is 1. The molecular weight excluding hydrogens is 376 g/mol. The summed E-state index contributed by atoms with van der Waals surface area (Å²) < 4.78 is 2.10. The van der Waals surface area contributed by atoms with Gasteiger partial charge in [0.1, 0.15) is 11.3 Å². The number of hydrogen-bond acceptors (Lipinski definition) is 4. The summed E-state index contributed by atoms with van der Waals surface area (Å²) in [6.07, 6.45) is 6.87. The van der Waals surface area contributed by atoms with Crippen molar-refractivity contribution in [1.82, 2.24) is 30.2 Å². The van der Waals surface area contributed by atoms with Gasteiger partial charge in [0.15, 0.2) is 5.65 Å². The Labute approximate surface area is 175 Å². The van der Waals surface area contributed by atoms with Gasteiger partial charge in [0.2, 0.25) is 0 Å². The fraction of sp³-hybridized carbons (Fsp3) is 0.217. The minimum Gasteiger partial charge on any atom is -0.338 e. The lowest BCUT2D eigenvalue weighted by Gasteiger charge is -2.10. The number of rotatable bonds is 8. The maximum atomic E-state index is 12.0. The van der Waals surface area contributed by atoms with Gasteiger partial charge in [-0.1, -0.05) is 30.3 Å². The largest absolute Gasteiger partial charge is 0.338 e. The van der Waals surface area contributed by atoms with Gasteiger partial charge in [0, 0.05) is 43.8 Å². The molecule has 0 aliphatic heterocycles. The Hall–Kier alpha value is -3.74. The molecule has 3 aromatic heterocycles. The molecule has 30 heavy (non-hydrogen) atoms. The molecular formula is C23H24N6O. The normalized spacial score (nSPS) is 10.8. The summed E-state index contributed by atoms with van der Waals surface area (Å²) in [4.78, 5) is 25.4. The molecule has 0 atom stereocenters. The van der Waals surface area contributed by atoms with Crippen LogP contribution >= 0.6 is 0 Å². The van der Waals surface area contributed by atoms with E-state index in [1.165, 1.54) is 5.56 Å². The van der Waals surface area contributed by atoms with Gasteiger partial charge in [0.25, 0.3) is 0 Å². The van der Waals surface area contributed by atoms with Crippen LogP contribution in [0.4, 0.5) is 4.79 Å². The van der Waals surface area contributed by atoms with Crippen LogP contribution in [0.25, 0.3) is 22.6 Å².